The van der Waals surface area contributed by atoms with Crippen LogP contribution in [0.5, 0.6) is 0 Å². The van der Waals surface area contributed by atoms with Gasteiger partial charge in [0, 0.05) is 0 Å². The van der Waals surface area contributed by atoms with Crippen molar-refractivity contribution in [2.45, 2.75) is 51.1 Å². The zero-order valence-corrected chi connectivity index (χ0v) is 28.2. The van der Waals surface area contributed by atoms with E-state index in [0.717, 1.165) is 0 Å². The Bertz CT molecular complexity index is 1440. The van der Waals surface area contributed by atoms with E-state index >= 15 is 0 Å². The molecule has 0 nitrogen and oxygen atoms in total. The Morgan fingerprint density at radius 3 is 1.97 bits per heavy atom. The number of rotatable bonds is 4. The smallest absolute Gasteiger partial charge is 0.147 e. The normalized spacial score (nSPS) is 18.6. The second-order valence-electron chi connectivity index (χ2n) is 12.2. The number of hydrogen-bond donors (Lipinski definition) is 0. The van der Waals surface area contributed by atoms with E-state index in [1.807, 2.05) is 0 Å². The molecule has 0 amide bonds. The van der Waals surface area contributed by atoms with Crippen molar-refractivity contribution >= 4 is 43.8 Å². The summed E-state index contributed by atoms with van der Waals surface area (Å²) in [5.41, 5.74) is 15.0. The van der Waals surface area contributed by atoms with Gasteiger partial charge in [-0.15, -0.1) is 24.8 Å². The van der Waals surface area contributed by atoms with Gasteiger partial charge in [0.15, 0.2) is 0 Å². The maximum Gasteiger partial charge on any atom is -0.147 e. The summed E-state index contributed by atoms with van der Waals surface area (Å²) in [7, 11) is 0. The standard InChI is InChI=1S/C17H15.C13H15.2CH3.2ClH.H2Si.Zr/c1-12-10-15-9-8-13(2)17(16(15)11-12)14-6-4-3-5-7-14;1-9(2)12-7-11-6-4-5-10(3)13(11)8-12;;;;;;/h3-11H,1-2H3;4-9H,1-3H3;2*1H3;2*1H;1H2;. The van der Waals surface area contributed by atoms with Gasteiger partial charge in [-0.3, -0.25) is 0 Å². The van der Waals surface area contributed by atoms with Crippen LogP contribution in [0.4, 0.5) is 0 Å². The van der Waals surface area contributed by atoms with Gasteiger partial charge in [0.05, 0.1) is 0 Å². The number of fused-ring (bicyclic) bond motifs is 2. The van der Waals surface area contributed by atoms with Gasteiger partial charge < -0.3 is 0 Å². The Hall–Kier alpha value is -1.18. The first-order chi connectivity index (χ1) is 16.0. The molecule has 2 atom stereocenters. The van der Waals surface area contributed by atoms with Crippen LogP contribution in [0.25, 0.3) is 23.3 Å². The molecule has 190 valence electrons. The molecular weight excluding hydrogens is 575 g/mol. The molecule has 0 saturated heterocycles. The third-order valence-electron chi connectivity index (χ3n) is 8.56. The van der Waals surface area contributed by atoms with Gasteiger partial charge in [-0.2, -0.15) is 0 Å². The zero-order valence-electron chi connectivity index (χ0n) is 22.7. The van der Waals surface area contributed by atoms with Gasteiger partial charge in [-0.25, -0.2) is 0 Å². The van der Waals surface area contributed by atoms with E-state index < -0.39 is 17.4 Å². The van der Waals surface area contributed by atoms with Crippen molar-refractivity contribution in [1.29, 1.82) is 0 Å². The van der Waals surface area contributed by atoms with Crippen molar-refractivity contribution in [2.24, 2.45) is 5.92 Å². The first-order valence-electron chi connectivity index (χ1n) is 12.7. The van der Waals surface area contributed by atoms with Crippen LogP contribution in [0.3, 0.4) is 0 Å². The molecule has 2 aliphatic rings. The summed E-state index contributed by atoms with van der Waals surface area (Å²) in [4.78, 5) is 0. The van der Waals surface area contributed by atoms with Crippen LogP contribution in [0, 0.1) is 19.8 Å². The van der Waals surface area contributed by atoms with Crippen LogP contribution in [-0.4, -0.2) is 6.88 Å². The molecule has 0 saturated carbocycles. The first-order valence-corrected chi connectivity index (χ1v) is 26.4. The summed E-state index contributed by atoms with van der Waals surface area (Å²) in [6.45, 7) is 14.2. The van der Waals surface area contributed by atoms with Gasteiger partial charge >= 0.3 is 210 Å². The van der Waals surface area contributed by atoms with E-state index in [-0.39, 0.29) is 24.8 Å². The van der Waals surface area contributed by atoms with Crippen molar-refractivity contribution in [3.05, 3.63) is 105 Å². The molecule has 0 N–H and O–H groups in total. The molecular formula is C32H40Cl2SiZr. The fourth-order valence-corrected chi connectivity index (χ4v) is 27.8. The molecule has 3 aromatic carbocycles. The van der Waals surface area contributed by atoms with Gasteiger partial charge in [0.25, 0.3) is 0 Å². The van der Waals surface area contributed by atoms with E-state index in [1.165, 1.54) is 33.4 Å². The molecule has 0 radical (unpaired) electrons. The molecule has 2 aliphatic carbocycles. The number of aryl methyl sites for hydroxylation is 2. The summed E-state index contributed by atoms with van der Waals surface area (Å²) in [6, 6.07) is 22.8. The van der Waals surface area contributed by atoms with Gasteiger partial charge in [0.2, 0.25) is 0 Å². The van der Waals surface area contributed by atoms with E-state index in [1.54, 1.807) is 22.3 Å². The van der Waals surface area contributed by atoms with Gasteiger partial charge in [0.1, 0.15) is 0 Å². The average Bonchev–Trinajstić information content (AvgIpc) is 3.34. The Kier molecular flexibility index (Phi) is 8.31. The van der Waals surface area contributed by atoms with Crippen LogP contribution >= 0.6 is 24.8 Å². The number of hydrogen-bond acceptors (Lipinski definition) is 0. The number of halogens is 2. The molecule has 0 fully saturated rings. The first kappa shape index (κ1) is 29.4. The molecule has 0 heterocycles. The van der Waals surface area contributed by atoms with E-state index in [2.05, 4.69) is 124 Å². The second kappa shape index (κ2) is 10.2. The molecule has 0 bridgehead atoms. The predicted octanol–water partition coefficient (Wildman–Crippen LogP) is 9.40. The Morgan fingerprint density at radius 2 is 1.33 bits per heavy atom. The number of benzene rings is 3. The van der Waals surface area contributed by atoms with E-state index in [0.29, 0.717) is 13.2 Å². The van der Waals surface area contributed by atoms with Crippen LogP contribution in [0.1, 0.15) is 61.4 Å². The van der Waals surface area contributed by atoms with Crippen LogP contribution < -0.4 is 0 Å². The van der Waals surface area contributed by atoms with Crippen molar-refractivity contribution < 1.29 is 17.4 Å². The molecule has 4 heteroatoms. The summed E-state index contributed by atoms with van der Waals surface area (Å²) in [5.74, 6) is 0.567. The van der Waals surface area contributed by atoms with E-state index in [4.69, 9.17) is 0 Å². The van der Waals surface area contributed by atoms with E-state index in [9.17, 15) is 0 Å². The molecule has 5 rings (SSSR count). The minimum Gasteiger partial charge on any atom is -0.147 e. The number of allylic oxidation sites excluding steroid dienone is 2. The third-order valence-corrected chi connectivity index (χ3v) is 26.2. The maximum atomic E-state index is 2.75. The molecule has 0 spiro atoms. The van der Waals surface area contributed by atoms with Crippen molar-refractivity contribution in [2.75, 3.05) is 0 Å². The quantitative estimate of drug-likeness (QED) is 0.257. The third kappa shape index (κ3) is 4.51. The van der Waals surface area contributed by atoms with Gasteiger partial charge in [-0.05, 0) is 0 Å². The van der Waals surface area contributed by atoms with Crippen LogP contribution in [0.15, 0.2) is 71.8 Å². The second-order valence-corrected chi connectivity index (χ2v) is 42.7. The van der Waals surface area contributed by atoms with Crippen molar-refractivity contribution in [3.8, 4) is 11.1 Å². The SMILES string of the molecule is CC1=Cc2c(ccc(C)c2-c2ccccc2)[CH]1[Zr]([CH3])([CH3])(=[SiH2])[CH]1C(C(C)C)=Cc2c(C)cccc21.Cl.Cl. The molecule has 0 aromatic heterocycles. The largest absolute Gasteiger partial charge is 0.147 e. The average molecular weight is 615 g/mol. The molecule has 3 aromatic rings. The monoisotopic (exact) mass is 612 g/mol. The Morgan fingerprint density at radius 1 is 0.694 bits per heavy atom. The van der Waals surface area contributed by atoms with Crippen molar-refractivity contribution in [3.63, 3.8) is 0 Å². The minimum atomic E-state index is -3.47. The molecule has 2 unspecified atom stereocenters. The minimum absolute atomic E-state index is 0. The molecule has 36 heavy (non-hydrogen) atoms. The van der Waals surface area contributed by atoms with Crippen LogP contribution in [-0.2, 0) is 17.4 Å². The summed E-state index contributed by atoms with van der Waals surface area (Å²) in [5, 5.41) is 0. The Labute approximate surface area is 233 Å². The maximum absolute atomic E-state index is 3.47. The predicted molar refractivity (Wildman–Crippen MR) is 165 cm³/mol. The Balaban J connectivity index is 0.00000180. The summed E-state index contributed by atoms with van der Waals surface area (Å²) < 4.78 is 6.65. The topological polar surface area (TPSA) is 0 Å². The zero-order chi connectivity index (χ0) is 24.4. The summed E-state index contributed by atoms with van der Waals surface area (Å²) >= 11 is -3.47. The summed E-state index contributed by atoms with van der Waals surface area (Å²) in [6.07, 6.45) is 5.10. The molecule has 0 aliphatic heterocycles. The van der Waals surface area contributed by atoms with Gasteiger partial charge in [-0.1, -0.05) is 0 Å². The fourth-order valence-electron chi connectivity index (χ4n) is 7.26. The van der Waals surface area contributed by atoms with Crippen molar-refractivity contribution in [1.82, 2.24) is 0 Å². The fraction of sp³-hybridized carbons (Fsp3) is 0.312. The van der Waals surface area contributed by atoms with Crippen LogP contribution in [0.2, 0.25) is 9.26 Å².